The van der Waals surface area contributed by atoms with Crippen LogP contribution in [0.5, 0.6) is 0 Å². The molecule has 8 heteroatoms. The maximum atomic E-state index is 14.6. The molecule has 0 spiro atoms. The number of fused-ring (bicyclic) bond motifs is 1. The van der Waals surface area contributed by atoms with Crippen molar-refractivity contribution in [2.45, 2.75) is 29.8 Å². The van der Waals surface area contributed by atoms with Gasteiger partial charge in [-0.2, -0.15) is 4.68 Å². The summed E-state index contributed by atoms with van der Waals surface area (Å²) in [6.07, 6.45) is 0.688. The summed E-state index contributed by atoms with van der Waals surface area (Å²) in [6.45, 7) is 5.37. The number of benzene rings is 1. The molecule has 1 saturated heterocycles. The second-order valence-electron chi connectivity index (χ2n) is 6.76. The Morgan fingerprint density at radius 3 is 2.65 bits per heavy atom. The van der Waals surface area contributed by atoms with E-state index in [2.05, 4.69) is 26.9 Å². The number of hydrogen-bond acceptors (Lipinski definition) is 6. The summed E-state index contributed by atoms with van der Waals surface area (Å²) in [5.41, 5.74) is 0.573. The fourth-order valence-corrected chi connectivity index (χ4v) is 4.82. The number of nitrogens with zero attached hydrogens (tertiary/aromatic N) is 5. The van der Waals surface area contributed by atoms with Crippen LogP contribution in [0.2, 0.25) is 0 Å². The Hall–Kier alpha value is -1.77. The molecule has 6 nitrogen and oxygen atoms in total. The molecule has 1 fully saturated rings. The molecule has 26 heavy (non-hydrogen) atoms. The maximum Gasteiger partial charge on any atom is 0.264 e. The standard InChI is InChI=1S/C18H22FN5OS/c1-3-14-20-18-24(21-14)17(25)16(26-18)15(12-6-4-5-7-13(12)19)23-10-8-22(2)9-11-23/h4-7,15-16H,3,8-11H2,1-2H3. The summed E-state index contributed by atoms with van der Waals surface area (Å²) in [7, 11) is 2.08. The topological polar surface area (TPSA) is 54.3 Å². The van der Waals surface area contributed by atoms with Crippen molar-refractivity contribution in [2.24, 2.45) is 0 Å². The first-order valence-corrected chi connectivity index (χ1v) is 9.80. The van der Waals surface area contributed by atoms with Gasteiger partial charge in [-0.3, -0.25) is 9.69 Å². The smallest absolute Gasteiger partial charge is 0.264 e. The molecule has 0 saturated carbocycles. The van der Waals surface area contributed by atoms with E-state index in [1.807, 2.05) is 13.0 Å². The molecule has 2 atom stereocenters. The van der Waals surface area contributed by atoms with E-state index in [-0.39, 0.29) is 17.8 Å². The number of piperazine rings is 1. The van der Waals surface area contributed by atoms with Crippen LogP contribution in [0.15, 0.2) is 29.4 Å². The number of thioether (sulfide) groups is 1. The van der Waals surface area contributed by atoms with Crippen LogP contribution in [-0.4, -0.2) is 68.9 Å². The van der Waals surface area contributed by atoms with E-state index in [4.69, 9.17) is 0 Å². The van der Waals surface area contributed by atoms with E-state index in [0.29, 0.717) is 23.0 Å². The van der Waals surface area contributed by atoms with Crippen molar-refractivity contribution in [1.29, 1.82) is 0 Å². The molecule has 4 rings (SSSR count). The number of hydrogen-bond donors (Lipinski definition) is 0. The number of carbonyl (C=O) groups excluding carboxylic acids is 1. The van der Waals surface area contributed by atoms with Gasteiger partial charge in [0.25, 0.3) is 5.91 Å². The molecule has 2 unspecified atom stereocenters. The van der Waals surface area contributed by atoms with E-state index in [0.717, 1.165) is 26.2 Å². The highest BCUT2D eigenvalue weighted by Gasteiger charge is 2.44. The number of halogens is 1. The zero-order valence-corrected chi connectivity index (χ0v) is 15.7. The maximum absolute atomic E-state index is 14.6. The lowest BCUT2D eigenvalue weighted by Crippen LogP contribution is -2.49. The van der Waals surface area contributed by atoms with Gasteiger partial charge < -0.3 is 4.90 Å². The van der Waals surface area contributed by atoms with Gasteiger partial charge >= 0.3 is 0 Å². The highest BCUT2D eigenvalue weighted by Crippen LogP contribution is 2.41. The molecular weight excluding hydrogens is 353 g/mol. The van der Waals surface area contributed by atoms with Crippen LogP contribution in [-0.2, 0) is 6.42 Å². The summed E-state index contributed by atoms with van der Waals surface area (Å²) in [5, 5.41) is 4.49. The lowest BCUT2D eigenvalue weighted by Gasteiger charge is -2.39. The summed E-state index contributed by atoms with van der Waals surface area (Å²) >= 11 is 1.40. The SMILES string of the molecule is CCc1nc2n(n1)C(=O)C(C(c1ccccc1F)N1CCN(C)CC1)S2. The van der Waals surface area contributed by atoms with Gasteiger partial charge in [0.2, 0.25) is 0 Å². The Kier molecular flexibility index (Phi) is 4.81. The van der Waals surface area contributed by atoms with Gasteiger partial charge in [0.15, 0.2) is 11.0 Å². The Morgan fingerprint density at radius 2 is 2.00 bits per heavy atom. The summed E-state index contributed by atoms with van der Waals surface area (Å²) in [4.78, 5) is 22.0. The first-order valence-electron chi connectivity index (χ1n) is 8.92. The number of carbonyl (C=O) groups is 1. The van der Waals surface area contributed by atoms with Gasteiger partial charge in [0, 0.05) is 38.2 Å². The normalized spacial score (nSPS) is 22.6. The highest BCUT2D eigenvalue weighted by atomic mass is 32.2. The molecule has 0 bridgehead atoms. The zero-order chi connectivity index (χ0) is 18.3. The number of aromatic nitrogens is 3. The minimum atomic E-state index is -0.434. The van der Waals surface area contributed by atoms with E-state index >= 15 is 0 Å². The minimum absolute atomic E-state index is 0.107. The average molecular weight is 375 g/mol. The lowest BCUT2D eigenvalue weighted by atomic mass is 9.99. The molecule has 2 aromatic rings. The van der Waals surface area contributed by atoms with Crippen LogP contribution >= 0.6 is 11.8 Å². The Morgan fingerprint density at radius 1 is 1.27 bits per heavy atom. The molecule has 2 aliphatic rings. The van der Waals surface area contributed by atoms with Crippen LogP contribution in [0.4, 0.5) is 4.39 Å². The predicted molar refractivity (Wildman–Crippen MR) is 97.9 cm³/mol. The number of likely N-dealkylation sites (N-methyl/N-ethyl adjacent to an activating group) is 1. The van der Waals surface area contributed by atoms with E-state index in [9.17, 15) is 9.18 Å². The second kappa shape index (κ2) is 7.09. The summed E-state index contributed by atoms with van der Waals surface area (Å²) < 4.78 is 16.0. The van der Waals surface area contributed by atoms with Crippen molar-refractivity contribution in [3.05, 3.63) is 41.5 Å². The van der Waals surface area contributed by atoms with Crippen LogP contribution in [0.3, 0.4) is 0 Å². The van der Waals surface area contributed by atoms with Crippen molar-refractivity contribution in [3.63, 3.8) is 0 Å². The Labute approximate surface area is 156 Å². The molecule has 0 aliphatic carbocycles. The molecule has 1 aromatic carbocycles. The van der Waals surface area contributed by atoms with Crippen LogP contribution < -0.4 is 0 Å². The minimum Gasteiger partial charge on any atom is -0.304 e. The average Bonchev–Trinajstić information content (AvgIpc) is 3.18. The summed E-state index contributed by atoms with van der Waals surface area (Å²) in [5.74, 6) is 0.294. The first-order chi connectivity index (χ1) is 12.6. The monoisotopic (exact) mass is 375 g/mol. The fraction of sp³-hybridized carbons (Fsp3) is 0.500. The first kappa shape index (κ1) is 17.6. The van der Waals surface area contributed by atoms with Gasteiger partial charge in [0.1, 0.15) is 11.1 Å². The predicted octanol–water partition coefficient (Wildman–Crippen LogP) is 2.08. The van der Waals surface area contributed by atoms with E-state index in [1.165, 1.54) is 22.5 Å². The molecule has 1 aromatic heterocycles. The lowest BCUT2D eigenvalue weighted by molar-refractivity contribution is 0.0761. The number of rotatable bonds is 4. The van der Waals surface area contributed by atoms with Crippen molar-refractivity contribution in [1.82, 2.24) is 24.6 Å². The second-order valence-corrected chi connectivity index (χ2v) is 7.87. The Bertz CT molecular complexity index is 818. The van der Waals surface area contributed by atoms with Crippen molar-refractivity contribution < 1.29 is 9.18 Å². The molecule has 3 heterocycles. The number of aryl methyl sites for hydroxylation is 1. The molecule has 2 aliphatic heterocycles. The fourth-order valence-electron chi connectivity index (χ4n) is 3.56. The van der Waals surface area contributed by atoms with Gasteiger partial charge in [-0.05, 0) is 13.1 Å². The molecule has 0 amide bonds. The van der Waals surface area contributed by atoms with Crippen molar-refractivity contribution in [2.75, 3.05) is 33.2 Å². The third kappa shape index (κ3) is 3.06. The molecule has 0 N–H and O–H groups in total. The van der Waals surface area contributed by atoms with Crippen LogP contribution in [0, 0.1) is 5.82 Å². The Balaban J connectivity index is 1.68. The van der Waals surface area contributed by atoms with Crippen LogP contribution in [0.25, 0.3) is 0 Å². The van der Waals surface area contributed by atoms with Gasteiger partial charge in [0.05, 0.1) is 6.04 Å². The van der Waals surface area contributed by atoms with Gasteiger partial charge in [-0.15, -0.1) is 5.10 Å². The van der Waals surface area contributed by atoms with Crippen molar-refractivity contribution >= 4 is 17.7 Å². The molecule has 0 radical (unpaired) electrons. The van der Waals surface area contributed by atoms with Crippen LogP contribution in [0.1, 0.15) is 29.1 Å². The molecular formula is C18H22FN5OS. The summed E-state index contributed by atoms with van der Waals surface area (Å²) in [6, 6.07) is 6.45. The third-order valence-corrected chi connectivity index (χ3v) is 6.25. The van der Waals surface area contributed by atoms with E-state index < -0.39 is 5.25 Å². The molecule has 138 valence electrons. The van der Waals surface area contributed by atoms with Gasteiger partial charge in [-0.25, -0.2) is 9.37 Å². The van der Waals surface area contributed by atoms with Gasteiger partial charge in [-0.1, -0.05) is 36.9 Å². The van der Waals surface area contributed by atoms with Crippen molar-refractivity contribution in [3.8, 4) is 0 Å². The zero-order valence-electron chi connectivity index (χ0n) is 14.9. The largest absolute Gasteiger partial charge is 0.304 e. The quantitative estimate of drug-likeness (QED) is 0.816. The highest BCUT2D eigenvalue weighted by molar-refractivity contribution is 8.00. The third-order valence-electron chi connectivity index (χ3n) is 5.06. The van der Waals surface area contributed by atoms with E-state index in [1.54, 1.807) is 12.1 Å².